The highest BCUT2D eigenvalue weighted by Crippen LogP contribution is 2.37. The number of rotatable bonds is 3. The molecule has 2 aliphatic rings. The zero-order valence-electron chi connectivity index (χ0n) is 15.9. The molecule has 2 saturated heterocycles. The van der Waals surface area contributed by atoms with Gasteiger partial charge in [0, 0.05) is 0 Å². The third-order valence-corrected chi connectivity index (χ3v) is 5.90. The van der Waals surface area contributed by atoms with Gasteiger partial charge in [0.25, 0.3) is 0 Å². The number of hydrogen-bond acceptors (Lipinski definition) is 3. The van der Waals surface area contributed by atoms with E-state index < -0.39 is 31.0 Å². The van der Waals surface area contributed by atoms with Gasteiger partial charge in [-0.1, -0.05) is 24.3 Å². The van der Waals surface area contributed by atoms with Crippen molar-refractivity contribution in [1.82, 2.24) is 4.90 Å². The molecule has 0 saturated carbocycles. The predicted molar refractivity (Wildman–Crippen MR) is 96.6 cm³/mol. The van der Waals surface area contributed by atoms with E-state index in [1.54, 1.807) is 0 Å². The van der Waals surface area contributed by atoms with Gasteiger partial charge in [-0.25, -0.2) is 0 Å². The van der Waals surface area contributed by atoms with Gasteiger partial charge >= 0.3 is 13.3 Å². The summed E-state index contributed by atoms with van der Waals surface area (Å²) >= 11 is 0. The van der Waals surface area contributed by atoms with E-state index in [-0.39, 0.29) is 5.92 Å². The van der Waals surface area contributed by atoms with Crippen LogP contribution in [0.25, 0.3) is 0 Å². The summed E-state index contributed by atoms with van der Waals surface area (Å²) in [4.78, 5) is 1.49. The average Bonchev–Trinajstić information content (AvgIpc) is 2.75. The second-order valence-electron chi connectivity index (χ2n) is 8.42. The smallest absolute Gasteiger partial charge is 0.399 e. The van der Waals surface area contributed by atoms with Gasteiger partial charge in [-0.3, -0.25) is 4.90 Å². The Morgan fingerprint density at radius 3 is 2.19 bits per heavy atom. The average molecular weight is 369 g/mol. The number of alkyl halides is 3. The van der Waals surface area contributed by atoms with Crippen LogP contribution in [0.5, 0.6) is 0 Å². The third-order valence-electron chi connectivity index (χ3n) is 5.90. The summed E-state index contributed by atoms with van der Waals surface area (Å²) in [6.45, 7) is 8.23. The van der Waals surface area contributed by atoms with Crippen molar-refractivity contribution >= 4 is 12.6 Å². The highest BCUT2D eigenvalue weighted by Gasteiger charge is 2.51. The molecule has 3 rings (SSSR count). The van der Waals surface area contributed by atoms with E-state index in [2.05, 4.69) is 12.1 Å². The second kappa shape index (κ2) is 6.84. The fraction of sp³-hybridized carbons (Fsp3) is 0.684. The maximum absolute atomic E-state index is 12.5. The molecule has 2 aliphatic heterocycles. The molecule has 0 amide bonds. The van der Waals surface area contributed by atoms with Crippen molar-refractivity contribution in [1.29, 1.82) is 0 Å². The zero-order valence-corrected chi connectivity index (χ0v) is 15.9. The first-order valence-corrected chi connectivity index (χ1v) is 9.21. The highest BCUT2D eigenvalue weighted by molar-refractivity contribution is 6.62. The van der Waals surface area contributed by atoms with Gasteiger partial charge in [0.2, 0.25) is 0 Å². The molecule has 2 heterocycles. The molecule has 144 valence electrons. The van der Waals surface area contributed by atoms with Crippen molar-refractivity contribution in [3.8, 4) is 0 Å². The minimum absolute atomic E-state index is 0.279. The van der Waals surface area contributed by atoms with Gasteiger partial charge in [-0.05, 0) is 70.6 Å². The molecular weight excluding hydrogens is 342 g/mol. The molecule has 0 atom stereocenters. The van der Waals surface area contributed by atoms with E-state index in [1.165, 1.54) is 4.90 Å². The van der Waals surface area contributed by atoms with E-state index in [1.807, 2.05) is 39.8 Å². The first-order chi connectivity index (χ1) is 12.0. The molecule has 0 aliphatic carbocycles. The lowest BCUT2D eigenvalue weighted by molar-refractivity contribution is -0.147. The summed E-state index contributed by atoms with van der Waals surface area (Å²) in [6, 6.07) is 8.12. The lowest BCUT2D eigenvalue weighted by atomic mass is 9.76. The van der Waals surface area contributed by atoms with Crippen LogP contribution in [0.15, 0.2) is 24.3 Å². The van der Waals surface area contributed by atoms with E-state index in [9.17, 15) is 13.2 Å². The fourth-order valence-electron chi connectivity index (χ4n) is 3.62. The van der Waals surface area contributed by atoms with Crippen LogP contribution in [-0.4, -0.2) is 49.0 Å². The van der Waals surface area contributed by atoms with Crippen molar-refractivity contribution in [2.24, 2.45) is 0 Å². The van der Waals surface area contributed by atoms with Crippen molar-refractivity contribution < 1.29 is 22.5 Å². The monoisotopic (exact) mass is 369 g/mol. The van der Waals surface area contributed by atoms with Crippen LogP contribution in [0, 0.1) is 0 Å². The molecule has 0 bridgehead atoms. The Hall–Kier alpha value is -1.05. The lowest BCUT2D eigenvalue weighted by Crippen LogP contribution is -2.41. The molecule has 7 heteroatoms. The summed E-state index contributed by atoms with van der Waals surface area (Å²) < 4.78 is 49.8. The Balaban J connectivity index is 1.66. The maximum Gasteiger partial charge on any atom is 0.494 e. The number of benzene rings is 1. The van der Waals surface area contributed by atoms with Crippen LogP contribution < -0.4 is 5.46 Å². The first-order valence-electron chi connectivity index (χ1n) is 9.21. The number of halogens is 3. The largest absolute Gasteiger partial charge is 0.494 e. The van der Waals surface area contributed by atoms with Gasteiger partial charge in [-0.2, -0.15) is 13.2 Å². The molecular formula is C19H27BF3NO2. The van der Waals surface area contributed by atoms with Crippen molar-refractivity contribution in [2.75, 3.05) is 19.6 Å². The minimum atomic E-state index is -4.12. The number of likely N-dealkylation sites (tertiary alicyclic amines) is 1. The topological polar surface area (TPSA) is 21.7 Å². The van der Waals surface area contributed by atoms with Gasteiger partial charge in [0.05, 0.1) is 17.7 Å². The van der Waals surface area contributed by atoms with Crippen LogP contribution in [0.4, 0.5) is 13.2 Å². The van der Waals surface area contributed by atoms with Crippen molar-refractivity contribution in [3.63, 3.8) is 0 Å². The Morgan fingerprint density at radius 2 is 1.65 bits per heavy atom. The Bertz CT molecular complexity index is 624. The summed E-state index contributed by atoms with van der Waals surface area (Å²) in [5.74, 6) is 0.279. The molecule has 0 spiro atoms. The summed E-state index contributed by atoms with van der Waals surface area (Å²) in [5, 5.41) is 0. The Kier molecular flexibility index (Phi) is 5.19. The molecule has 0 N–H and O–H groups in total. The second-order valence-corrected chi connectivity index (χ2v) is 8.42. The van der Waals surface area contributed by atoms with Crippen LogP contribution >= 0.6 is 0 Å². The third kappa shape index (κ3) is 4.26. The standard InChI is InChI=1S/C19H27BF3NO2/c1-17(2)18(3,4)26-20(25-17)16-7-5-6-15(12-16)14-8-10-24(11-9-14)13-19(21,22)23/h5-7,12,14H,8-11,13H2,1-4H3. The van der Waals surface area contributed by atoms with Crippen LogP contribution in [0.3, 0.4) is 0 Å². The summed E-state index contributed by atoms with van der Waals surface area (Å²) in [7, 11) is -0.412. The lowest BCUT2D eigenvalue weighted by Gasteiger charge is -2.32. The fourth-order valence-corrected chi connectivity index (χ4v) is 3.62. The van der Waals surface area contributed by atoms with Crippen molar-refractivity contribution in [3.05, 3.63) is 29.8 Å². The Labute approximate surface area is 154 Å². The molecule has 0 radical (unpaired) electrons. The first kappa shape index (κ1) is 19.7. The predicted octanol–water partition coefficient (Wildman–Crippen LogP) is 3.73. The van der Waals surface area contributed by atoms with Gasteiger partial charge < -0.3 is 9.31 Å². The molecule has 26 heavy (non-hydrogen) atoms. The quantitative estimate of drug-likeness (QED) is 0.758. The summed E-state index contributed by atoms with van der Waals surface area (Å²) in [6.07, 6.45) is -2.64. The van der Waals surface area contributed by atoms with Gasteiger partial charge in [-0.15, -0.1) is 0 Å². The van der Waals surface area contributed by atoms with E-state index in [4.69, 9.17) is 9.31 Å². The van der Waals surface area contributed by atoms with Crippen LogP contribution in [-0.2, 0) is 9.31 Å². The molecule has 1 aromatic carbocycles. The maximum atomic E-state index is 12.5. The minimum Gasteiger partial charge on any atom is -0.399 e. The van der Waals surface area contributed by atoms with Crippen molar-refractivity contribution in [2.45, 2.75) is 63.8 Å². The molecule has 1 aromatic rings. The highest BCUT2D eigenvalue weighted by atomic mass is 19.4. The van der Waals surface area contributed by atoms with E-state index in [0.717, 1.165) is 23.9 Å². The zero-order chi connectivity index (χ0) is 19.2. The number of hydrogen-bond donors (Lipinski definition) is 0. The molecule has 3 nitrogen and oxygen atoms in total. The molecule has 0 unspecified atom stereocenters. The summed E-state index contributed by atoms with van der Waals surface area (Å²) in [5.41, 5.74) is 1.34. The Morgan fingerprint density at radius 1 is 1.08 bits per heavy atom. The number of nitrogens with zero attached hydrogens (tertiary/aromatic N) is 1. The van der Waals surface area contributed by atoms with E-state index in [0.29, 0.717) is 13.1 Å². The molecule has 2 fully saturated rings. The SMILES string of the molecule is CC1(C)OB(c2cccc(C3CCN(CC(F)(F)F)CC3)c2)OC1(C)C. The van der Waals surface area contributed by atoms with Crippen LogP contribution in [0.1, 0.15) is 52.0 Å². The van der Waals surface area contributed by atoms with E-state index >= 15 is 0 Å². The van der Waals surface area contributed by atoms with Crippen LogP contribution in [0.2, 0.25) is 0 Å². The normalized spacial score (nSPS) is 24.2. The molecule has 0 aromatic heterocycles. The van der Waals surface area contributed by atoms with Gasteiger partial charge in [0.15, 0.2) is 0 Å². The van der Waals surface area contributed by atoms with Gasteiger partial charge in [0.1, 0.15) is 0 Å². The number of piperidine rings is 1.